The van der Waals surface area contributed by atoms with Gasteiger partial charge in [-0.15, -0.1) is 0 Å². The van der Waals surface area contributed by atoms with Gasteiger partial charge in [-0.1, -0.05) is 18.2 Å². The number of carbonyl (C=O) groups excluding carboxylic acids is 1. The molecular weight excluding hydrogens is 319 g/mol. The van der Waals surface area contributed by atoms with E-state index in [0.29, 0.717) is 5.69 Å². The Labute approximate surface area is 145 Å². The summed E-state index contributed by atoms with van der Waals surface area (Å²) >= 11 is 0. The summed E-state index contributed by atoms with van der Waals surface area (Å²) in [5, 5.41) is 2.75. The van der Waals surface area contributed by atoms with Crippen LogP contribution in [0.25, 0.3) is 0 Å². The molecule has 0 bridgehead atoms. The lowest BCUT2D eigenvalue weighted by Gasteiger charge is -2.20. The van der Waals surface area contributed by atoms with Crippen LogP contribution < -0.4 is 10.1 Å². The number of ether oxygens (including phenoxy) is 1. The zero-order valence-electron chi connectivity index (χ0n) is 13.9. The van der Waals surface area contributed by atoms with Crippen LogP contribution in [0.1, 0.15) is 18.0 Å². The normalized spacial score (nSPS) is 11.8. The number of nitrogens with zero attached hydrogens (tertiary/aromatic N) is 1. The Morgan fingerprint density at radius 3 is 2.60 bits per heavy atom. The van der Waals surface area contributed by atoms with Gasteiger partial charge in [-0.3, -0.25) is 4.79 Å². The molecule has 1 heterocycles. The molecule has 3 rings (SSSR count). The fraction of sp³-hybridized carbons (Fsp3) is 0.150. The number of hydrogen-bond donors (Lipinski definition) is 1. The van der Waals surface area contributed by atoms with Gasteiger partial charge in [0.2, 0.25) is 5.91 Å². The highest BCUT2D eigenvalue weighted by atomic mass is 19.1. The minimum atomic E-state index is -0.382. The van der Waals surface area contributed by atoms with Crippen LogP contribution in [-0.4, -0.2) is 17.6 Å². The summed E-state index contributed by atoms with van der Waals surface area (Å²) in [5.74, 6) is 0.167. The van der Waals surface area contributed by atoms with Crippen molar-refractivity contribution in [2.45, 2.75) is 12.5 Å². The molecule has 3 aromatic rings. The van der Waals surface area contributed by atoms with Gasteiger partial charge >= 0.3 is 0 Å². The Morgan fingerprint density at radius 2 is 1.88 bits per heavy atom. The number of carbonyl (C=O) groups is 1. The Morgan fingerprint density at radius 1 is 1.12 bits per heavy atom. The number of amides is 1. The molecule has 0 fully saturated rings. The predicted molar refractivity (Wildman–Crippen MR) is 95.2 cm³/mol. The molecule has 25 heavy (non-hydrogen) atoms. The van der Waals surface area contributed by atoms with E-state index < -0.39 is 0 Å². The van der Waals surface area contributed by atoms with E-state index in [2.05, 4.69) is 5.32 Å². The van der Waals surface area contributed by atoms with Crippen molar-refractivity contribution in [3.8, 4) is 5.75 Å². The van der Waals surface area contributed by atoms with Crippen molar-refractivity contribution >= 4 is 11.6 Å². The third-order valence-corrected chi connectivity index (χ3v) is 3.95. The van der Waals surface area contributed by atoms with E-state index in [9.17, 15) is 9.18 Å². The summed E-state index contributed by atoms with van der Waals surface area (Å²) in [6.45, 7) is 0. The largest absolute Gasteiger partial charge is 0.497 e. The number of anilines is 1. The van der Waals surface area contributed by atoms with Gasteiger partial charge in [0.15, 0.2) is 0 Å². The molecule has 1 atom stereocenters. The molecule has 5 heteroatoms. The molecule has 0 unspecified atom stereocenters. The van der Waals surface area contributed by atoms with Gasteiger partial charge in [0.05, 0.1) is 19.6 Å². The van der Waals surface area contributed by atoms with Crippen LogP contribution >= 0.6 is 0 Å². The van der Waals surface area contributed by atoms with Gasteiger partial charge in [0.1, 0.15) is 11.6 Å². The van der Waals surface area contributed by atoms with E-state index >= 15 is 0 Å². The molecule has 128 valence electrons. The Kier molecular flexibility index (Phi) is 5.14. The molecule has 0 aliphatic carbocycles. The summed E-state index contributed by atoms with van der Waals surface area (Å²) in [6, 6.07) is 17.2. The van der Waals surface area contributed by atoms with Crippen molar-refractivity contribution in [1.82, 2.24) is 4.57 Å². The molecule has 4 nitrogen and oxygen atoms in total. The number of rotatable bonds is 6. The second kappa shape index (κ2) is 7.66. The van der Waals surface area contributed by atoms with Crippen molar-refractivity contribution in [3.63, 3.8) is 0 Å². The van der Waals surface area contributed by atoms with E-state index in [-0.39, 0.29) is 24.2 Å². The molecule has 0 saturated heterocycles. The summed E-state index contributed by atoms with van der Waals surface area (Å²) in [7, 11) is 1.61. The number of benzene rings is 2. The predicted octanol–water partition coefficient (Wildman–Crippen LogP) is 4.25. The first-order valence-electron chi connectivity index (χ1n) is 7.97. The molecule has 2 aromatic carbocycles. The molecule has 0 saturated carbocycles. The van der Waals surface area contributed by atoms with Crippen LogP contribution in [0.2, 0.25) is 0 Å². The summed E-state index contributed by atoms with van der Waals surface area (Å²) in [5.41, 5.74) is 1.41. The third-order valence-electron chi connectivity index (χ3n) is 3.95. The van der Waals surface area contributed by atoms with E-state index in [1.165, 1.54) is 12.1 Å². The lowest BCUT2D eigenvalue weighted by Crippen LogP contribution is -2.19. The van der Waals surface area contributed by atoms with E-state index in [1.54, 1.807) is 19.2 Å². The smallest absolute Gasteiger partial charge is 0.226 e. The van der Waals surface area contributed by atoms with Gasteiger partial charge in [0, 0.05) is 18.1 Å². The molecule has 0 aliphatic heterocycles. The average Bonchev–Trinajstić information content (AvgIpc) is 3.14. The maximum atomic E-state index is 13.3. The standard InChI is InChI=1S/C20H19FN2O2/c1-25-18-9-4-6-15(12-18)19(23-10-2-3-11-23)14-20(24)22-17-8-5-7-16(21)13-17/h2-13,19H,14H2,1H3,(H,22,24)/t19-/m0/s1. The number of methoxy groups -OCH3 is 1. The lowest BCUT2D eigenvalue weighted by molar-refractivity contribution is -0.116. The number of hydrogen-bond acceptors (Lipinski definition) is 2. The first-order chi connectivity index (χ1) is 12.2. The molecule has 1 aromatic heterocycles. The quantitative estimate of drug-likeness (QED) is 0.730. The highest BCUT2D eigenvalue weighted by Gasteiger charge is 2.18. The number of aromatic nitrogens is 1. The number of halogens is 1. The first-order valence-corrected chi connectivity index (χ1v) is 7.97. The van der Waals surface area contributed by atoms with Gasteiger partial charge in [-0.05, 0) is 48.0 Å². The maximum Gasteiger partial charge on any atom is 0.226 e. The highest BCUT2D eigenvalue weighted by Crippen LogP contribution is 2.26. The van der Waals surface area contributed by atoms with Crippen molar-refractivity contribution in [1.29, 1.82) is 0 Å². The molecule has 1 N–H and O–H groups in total. The van der Waals surface area contributed by atoms with Crippen molar-refractivity contribution in [2.24, 2.45) is 0 Å². The third kappa shape index (κ3) is 4.26. The van der Waals surface area contributed by atoms with E-state index in [0.717, 1.165) is 11.3 Å². The van der Waals surface area contributed by atoms with Gasteiger partial charge in [-0.25, -0.2) is 4.39 Å². The van der Waals surface area contributed by atoms with Crippen LogP contribution in [0, 0.1) is 5.82 Å². The zero-order valence-corrected chi connectivity index (χ0v) is 13.9. The first kappa shape index (κ1) is 16.8. The Balaban J connectivity index is 1.81. The Hall–Kier alpha value is -3.08. The summed E-state index contributed by atoms with van der Waals surface area (Å²) in [4.78, 5) is 12.5. The van der Waals surface area contributed by atoms with Crippen LogP contribution in [0.4, 0.5) is 10.1 Å². The lowest BCUT2D eigenvalue weighted by atomic mass is 10.0. The van der Waals surface area contributed by atoms with Crippen molar-refractivity contribution in [3.05, 3.63) is 84.4 Å². The van der Waals surface area contributed by atoms with Crippen LogP contribution in [0.5, 0.6) is 5.75 Å². The SMILES string of the molecule is COc1cccc([C@H](CC(=O)Nc2cccc(F)c2)n2cccc2)c1. The molecular formula is C20H19FN2O2. The minimum absolute atomic E-state index is 0.182. The van der Waals surface area contributed by atoms with Gasteiger partial charge in [-0.2, -0.15) is 0 Å². The fourth-order valence-corrected chi connectivity index (χ4v) is 2.75. The highest BCUT2D eigenvalue weighted by molar-refractivity contribution is 5.91. The van der Waals surface area contributed by atoms with E-state index in [4.69, 9.17) is 4.74 Å². The molecule has 0 radical (unpaired) electrons. The summed E-state index contributed by atoms with van der Waals surface area (Å²) in [6.07, 6.45) is 4.05. The van der Waals surface area contributed by atoms with Gasteiger partial charge < -0.3 is 14.6 Å². The van der Waals surface area contributed by atoms with E-state index in [1.807, 2.05) is 53.4 Å². The fourth-order valence-electron chi connectivity index (χ4n) is 2.75. The second-order valence-electron chi connectivity index (χ2n) is 5.69. The van der Waals surface area contributed by atoms with Crippen LogP contribution in [-0.2, 0) is 4.79 Å². The molecule has 0 spiro atoms. The van der Waals surface area contributed by atoms with Crippen molar-refractivity contribution in [2.75, 3.05) is 12.4 Å². The molecule has 0 aliphatic rings. The second-order valence-corrected chi connectivity index (χ2v) is 5.69. The topological polar surface area (TPSA) is 43.3 Å². The van der Waals surface area contributed by atoms with Crippen LogP contribution in [0.15, 0.2) is 73.1 Å². The monoisotopic (exact) mass is 338 g/mol. The van der Waals surface area contributed by atoms with Crippen LogP contribution in [0.3, 0.4) is 0 Å². The average molecular weight is 338 g/mol. The summed E-state index contributed by atoms with van der Waals surface area (Å²) < 4.78 is 20.5. The minimum Gasteiger partial charge on any atom is -0.497 e. The maximum absolute atomic E-state index is 13.3. The van der Waals surface area contributed by atoms with Crippen molar-refractivity contribution < 1.29 is 13.9 Å². The Bertz CT molecular complexity index is 846. The zero-order chi connectivity index (χ0) is 17.6. The molecule has 1 amide bonds. The number of nitrogens with one attached hydrogen (secondary N) is 1. The van der Waals surface area contributed by atoms with Gasteiger partial charge in [0.25, 0.3) is 0 Å².